The summed E-state index contributed by atoms with van der Waals surface area (Å²) in [6.45, 7) is 0. The summed E-state index contributed by atoms with van der Waals surface area (Å²) in [5.74, 6) is 0.323. The molecule has 4 nitrogen and oxygen atoms in total. The van der Waals surface area contributed by atoms with Crippen LogP contribution >= 0.6 is 0 Å². The highest BCUT2D eigenvalue weighted by Gasteiger charge is 2.11. The van der Waals surface area contributed by atoms with Gasteiger partial charge in [-0.2, -0.15) is 0 Å². The topological polar surface area (TPSA) is 54.9 Å². The fourth-order valence-electron chi connectivity index (χ4n) is 2.75. The van der Waals surface area contributed by atoms with E-state index in [-0.39, 0.29) is 5.91 Å². The van der Waals surface area contributed by atoms with Crippen molar-refractivity contribution in [3.63, 3.8) is 0 Å². The molecule has 0 unspecified atom stereocenters. The lowest BCUT2D eigenvalue weighted by molar-refractivity contribution is 0.102. The SMILES string of the molecule is O=C(Nc1cccc(-c2ccccc2)n1)c1ccnc2ccccc12. The van der Waals surface area contributed by atoms with Crippen molar-refractivity contribution in [1.29, 1.82) is 0 Å². The predicted molar refractivity (Wildman–Crippen MR) is 99.4 cm³/mol. The maximum atomic E-state index is 12.7. The summed E-state index contributed by atoms with van der Waals surface area (Å²) >= 11 is 0. The van der Waals surface area contributed by atoms with Crippen LogP contribution < -0.4 is 5.32 Å². The molecule has 4 heteroatoms. The summed E-state index contributed by atoms with van der Waals surface area (Å²) in [4.78, 5) is 21.5. The van der Waals surface area contributed by atoms with Crippen LogP contribution in [0, 0.1) is 0 Å². The van der Waals surface area contributed by atoms with E-state index in [1.165, 1.54) is 0 Å². The number of rotatable bonds is 3. The molecule has 2 heterocycles. The van der Waals surface area contributed by atoms with E-state index in [4.69, 9.17) is 0 Å². The van der Waals surface area contributed by atoms with E-state index < -0.39 is 0 Å². The number of para-hydroxylation sites is 1. The number of carbonyl (C=O) groups is 1. The van der Waals surface area contributed by atoms with Crippen molar-refractivity contribution in [2.45, 2.75) is 0 Å². The minimum absolute atomic E-state index is 0.198. The van der Waals surface area contributed by atoms with E-state index in [0.29, 0.717) is 11.4 Å². The number of anilines is 1. The molecule has 120 valence electrons. The number of nitrogens with one attached hydrogen (secondary N) is 1. The monoisotopic (exact) mass is 325 g/mol. The molecule has 0 aliphatic carbocycles. The third-order valence-electron chi connectivity index (χ3n) is 3.95. The summed E-state index contributed by atoms with van der Waals surface area (Å²) in [6, 6.07) is 24.8. The largest absolute Gasteiger partial charge is 0.307 e. The second-order valence-electron chi connectivity index (χ2n) is 5.60. The molecule has 2 aromatic heterocycles. The van der Waals surface area contributed by atoms with Crippen LogP contribution in [0.15, 0.2) is 85.1 Å². The summed E-state index contributed by atoms with van der Waals surface area (Å²) < 4.78 is 0. The number of amides is 1. The number of pyridine rings is 2. The lowest BCUT2D eigenvalue weighted by atomic mass is 10.1. The summed E-state index contributed by atoms with van der Waals surface area (Å²) in [5, 5.41) is 3.70. The van der Waals surface area contributed by atoms with E-state index >= 15 is 0 Å². The molecule has 1 N–H and O–H groups in total. The Balaban J connectivity index is 1.65. The summed E-state index contributed by atoms with van der Waals surface area (Å²) in [6.07, 6.45) is 1.64. The number of carbonyl (C=O) groups excluding carboxylic acids is 1. The number of nitrogens with zero attached hydrogens (tertiary/aromatic N) is 2. The van der Waals surface area contributed by atoms with Gasteiger partial charge in [-0.1, -0.05) is 54.6 Å². The first-order chi connectivity index (χ1) is 12.3. The highest BCUT2D eigenvalue weighted by molar-refractivity contribution is 6.12. The average Bonchev–Trinajstić information content (AvgIpc) is 2.68. The summed E-state index contributed by atoms with van der Waals surface area (Å²) in [7, 11) is 0. The molecule has 0 fully saturated rings. The maximum absolute atomic E-state index is 12.7. The van der Waals surface area contributed by atoms with Crippen LogP contribution in [0.25, 0.3) is 22.2 Å². The van der Waals surface area contributed by atoms with Crippen LogP contribution in [0.1, 0.15) is 10.4 Å². The van der Waals surface area contributed by atoms with Gasteiger partial charge in [-0.15, -0.1) is 0 Å². The van der Waals surface area contributed by atoms with Crippen molar-refractivity contribution in [1.82, 2.24) is 9.97 Å². The predicted octanol–water partition coefficient (Wildman–Crippen LogP) is 4.55. The first-order valence-electron chi connectivity index (χ1n) is 7.99. The second-order valence-corrected chi connectivity index (χ2v) is 5.60. The van der Waals surface area contributed by atoms with Crippen molar-refractivity contribution in [2.24, 2.45) is 0 Å². The van der Waals surface area contributed by atoms with Gasteiger partial charge in [0.25, 0.3) is 5.91 Å². The fraction of sp³-hybridized carbons (Fsp3) is 0. The van der Waals surface area contributed by atoms with E-state index in [1.807, 2.05) is 66.7 Å². The standard InChI is InChI=1S/C21H15N3O/c25-21(17-13-14-22-19-10-5-4-9-16(17)19)24-20-12-6-11-18(23-20)15-7-2-1-3-8-15/h1-14H,(H,23,24,25). The van der Waals surface area contributed by atoms with Crippen molar-refractivity contribution >= 4 is 22.6 Å². The molecular weight excluding hydrogens is 310 g/mol. The van der Waals surface area contributed by atoms with Gasteiger partial charge in [0.05, 0.1) is 16.8 Å². The van der Waals surface area contributed by atoms with Gasteiger partial charge >= 0.3 is 0 Å². The molecule has 2 aromatic carbocycles. The van der Waals surface area contributed by atoms with Gasteiger partial charge in [0.2, 0.25) is 0 Å². The Kier molecular flexibility index (Phi) is 3.92. The van der Waals surface area contributed by atoms with Crippen LogP contribution in [0.4, 0.5) is 5.82 Å². The Morgan fingerprint density at radius 3 is 2.48 bits per heavy atom. The number of aromatic nitrogens is 2. The van der Waals surface area contributed by atoms with Crippen LogP contribution in [0.2, 0.25) is 0 Å². The number of fused-ring (bicyclic) bond motifs is 1. The Hall–Kier alpha value is -3.53. The Labute approximate surface area is 145 Å². The Bertz CT molecular complexity index is 1040. The lowest BCUT2D eigenvalue weighted by Crippen LogP contribution is -2.13. The van der Waals surface area contributed by atoms with E-state index in [1.54, 1.807) is 18.3 Å². The van der Waals surface area contributed by atoms with Crippen molar-refractivity contribution in [2.75, 3.05) is 5.32 Å². The quantitative estimate of drug-likeness (QED) is 0.601. The van der Waals surface area contributed by atoms with E-state index in [2.05, 4.69) is 15.3 Å². The summed E-state index contributed by atoms with van der Waals surface area (Å²) in [5.41, 5.74) is 3.20. The molecule has 0 bridgehead atoms. The van der Waals surface area contributed by atoms with Gasteiger partial charge in [0.1, 0.15) is 5.82 Å². The zero-order valence-electron chi connectivity index (χ0n) is 13.4. The van der Waals surface area contributed by atoms with Gasteiger partial charge in [0, 0.05) is 17.1 Å². The molecular formula is C21H15N3O. The molecule has 0 aliphatic heterocycles. The fourth-order valence-corrected chi connectivity index (χ4v) is 2.75. The van der Waals surface area contributed by atoms with Crippen LogP contribution in [0.3, 0.4) is 0 Å². The highest BCUT2D eigenvalue weighted by atomic mass is 16.1. The molecule has 0 spiro atoms. The van der Waals surface area contributed by atoms with Gasteiger partial charge in [-0.3, -0.25) is 9.78 Å². The zero-order chi connectivity index (χ0) is 17.1. The third kappa shape index (κ3) is 3.10. The molecule has 4 rings (SSSR count). The number of benzene rings is 2. The first-order valence-corrected chi connectivity index (χ1v) is 7.99. The van der Waals surface area contributed by atoms with E-state index in [9.17, 15) is 4.79 Å². The third-order valence-corrected chi connectivity index (χ3v) is 3.95. The molecule has 1 amide bonds. The van der Waals surface area contributed by atoms with Crippen molar-refractivity contribution < 1.29 is 4.79 Å². The second kappa shape index (κ2) is 6.53. The Morgan fingerprint density at radius 2 is 1.60 bits per heavy atom. The van der Waals surface area contributed by atoms with E-state index in [0.717, 1.165) is 22.2 Å². The first kappa shape index (κ1) is 15.0. The zero-order valence-corrected chi connectivity index (χ0v) is 13.4. The maximum Gasteiger partial charge on any atom is 0.257 e. The molecule has 0 saturated heterocycles. The van der Waals surface area contributed by atoms with Crippen molar-refractivity contribution in [3.05, 3.63) is 90.6 Å². The smallest absolute Gasteiger partial charge is 0.257 e. The van der Waals surface area contributed by atoms with Gasteiger partial charge in [-0.25, -0.2) is 4.98 Å². The number of hydrogen-bond donors (Lipinski definition) is 1. The average molecular weight is 325 g/mol. The van der Waals surface area contributed by atoms with Crippen molar-refractivity contribution in [3.8, 4) is 11.3 Å². The normalized spacial score (nSPS) is 10.6. The van der Waals surface area contributed by atoms with Gasteiger partial charge < -0.3 is 5.32 Å². The van der Waals surface area contributed by atoms with Gasteiger partial charge in [0.15, 0.2) is 0 Å². The number of hydrogen-bond acceptors (Lipinski definition) is 3. The molecule has 0 atom stereocenters. The molecule has 4 aromatic rings. The van der Waals surface area contributed by atoms with Gasteiger partial charge in [-0.05, 0) is 24.3 Å². The lowest BCUT2D eigenvalue weighted by Gasteiger charge is -2.08. The van der Waals surface area contributed by atoms with Crippen LogP contribution in [-0.2, 0) is 0 Å². The highest BCUT2D eigenvalue weighted by Crippen LogP contribution is 2.20. The Morgan fingerprint density at radius 1 is 0.800 bits per heavy atom. The van der Waals surface area contributed by atoms with Crippen LogP contribution in [-0.4, -0.2) is 15.9 Å². The molecule has 0 radical (unpaired) electrons. The molecule has 0 aliphatic rings. The minimum atomic E-state index is -0.198. The molecule has 0 saturated carbocycles. The molecule has 25 heavy (non-hydrogen) atoms. The minimum Gasteiger partial charge on any atom is -0.307 e. The van der Waals surface area contributed by atoms with Crippen LogP contribution in [0.5, 0.6) is 0 Å².